The van der Waals surface area contributed by atoms with Crippen LogP contribution in [0.2, 0.25) is 0 Å². The number of ether oxygens (including phenoxy) is 1. The zero-order chi connectivity index (χ0) is 43.3. The lowest BCUT2D eigenvalue weighted by atomic mass is 9.37. The van der Waals surface area contributed by atoms with Gasteiger partial charge in [-0.05, 0) is 119 Å². The van der Waals surface area contributed by atoms with Crippen molar-refractivity contribution in [1.29, 1.82) is 0 Å². The molecule has 1 N–H and O–H groups in total. The van der Waals surface area contributed by atoms with Gasteiger partial charge >= 0.3 is 5.97 Å². The number of sulfone groups is 1. The molecule has 6 aliphatic rings. The number of allylic oxidation sites excluding steroid dienone is 5. The zero-order valence-corrected chi connectivity index (χ0v) is 39.0. The van der Waals surface area contributed by atoms with Gasteiger partial charge in [0, 0.05) is 44.6 Å². The number of fused-ring (bicyclic) bond motifs is 2. The predicted octanol–water partition coefficient (Wildman–Crippen LogP) is 10.0. The first-order chi connectivity index (χ1) is 28.3. The highest BCUT2D eigenvalue weighted by Gasteiger charge is 2.64. The van der Waals surface area contributed by atoms with Crippen LogP contribution >= 0.6 is 0 Å². The molecule has 1 unspecified atom stereocenters. The fourth-order valence-corrected chi connectivity index (χ4v) is 15.3. The summed E-state index contributed by atoms with van der Waals surface area (Å²) in [5.74, 6) is 1.78. The van der Waals surface area contributed by atoms with E-state index in [0.29, 0.717) is 56.4 Å². The number of Topliss-reactive ketones (excluding diaryl/α,β-unsaturated/α-hetero) is 1. The molecular formula is C51H75FN2O5S. The van der Waals surface area contributed by atoms with Crippen molar-refractivity contribution < 1.29 is 27.1 Å². The number of halogens is 1. The number of hydrogen-bond acceptors (Lipinski definition) is 7. The first-order valence-electron chi connectivity index (χ1n) is 23.4. The smallest absolute Gasteiger partial charge is 0.315 e. The van der Waals surface area contributed by atoms with Gasteiger partial charge in [-0.1, -0.05) is 110 Å². The van der Waals surface area contributed by atoms with Crippen molar-refractivity contribution in [2.24, 2.45) is 50.7 Å². The summed E-state index contributed by atoms with van der Waals surface area (Å²) in [5.41, 5.74) is 4.98. The van der Waals surface area contributed by atoms with Crippen molar-refractivity contribution in [3.63, 3.8) is 0 Å². The predicted molar refractivity (Wildman–Crippen MR) is 240 cm³/mol. The first-order valence-corrected chi connectivity index (χ1v) is 25.2. The molecule has 0 spiro atoms. The maximum absolute atomic E-state index is 14.8. The highest BCUT2D eigenvalue weighted by Crippen LogP contribution is 2.72. The number of benzene rings is 1. The number of esters is 1. The second-order valence-corrected chi connectivity index (χ2v) is 23.9. The summed E-state index contributed by atoms with van der Waals surface area (Å²) in [4.78, 5) is 29.5. The summed E-state index contributed by atoms with van der Waals surface area (Å²) in [6.45, 7) is 21.7. The Balaban J connectivity index is 1.13. The van der Waals surface area contributed by atoms with E-state index in [1.165, 1.54) is 23.1 Å². The molecule has 9 heteroatoms. The van der Waals surface area contributed by atoms with Gasteiger partial charge in [-0.25, -0.2) is 12.8 Å². The Morgan fingerprint density at radius 1 is 1.02 bits per heavy atom. The summed E-state index contributed by atoms with van der Waals surface area (Å²) in [6.07, 6.45) is 14.4. The number of nitrogens with one attached hydrogen (secondary N) is 1. The molecule has 3 fully saturated rings. The largest absolute Gasteiger partial charge is 0.460 e. The molecule has 2 saturated carbocycles. The monoisotopic (exact) mass is 847 g/mol. The lowest BCUT2D eigenvalue weighted by Crippen LogP contribution is -2.61. The molecule has 60 heavy (non-hydrogen) atoms. The minimum absolute atomic E-state index is 0.0148. The molecule has 7 nitrogen and oxygen atoms in total. The number of carbonyl (C=O) groups excluding carboxylic acids is 2. The third kappa shape index (κ3) is 8.19. The van der Waals surface area contributed by atoms with E-state index >= 15 is 0 Å². The van der Waals surface area contributed by atoms with Crippen LogP contribution in [0.3, 0.4) is 0 Å². The van der Waals surface area contributed by atoms with Crippen LogP contribution in [0.1, 0.15) is 132 Å². The van der Waals surface area contributed by atoms with E-state index in [4.69, 9.17) is 4.74 Å². The van der Waals surface area contributed by atoms with Crippen LogP contribution in [0.15, 0.2) is 64.8 Å². The molecule has 7 rings (SSSR count). The number of nitrogens with zero attached hydrogens (tertiary/aromatic N) is 1. The van der Waals surface area contributed by atoms with Crippen LogP contribution in [0.4, 0.5) is 4.39 Å². The minimum Gasteiger partial charge on any atom is -0.460 e. The topological polar surface area (TPSA) is 92.8 Å². The molecule has 1 saturated heterocycles. The first kappa shape index (κ1) is 45.4. The Labute approximate surface area is 361 Å². The lowest BCUT2D eigenvalue weighted by Gasteiger charge is -2.67. The molecular weight excluding hydrogens is 772 g/mol. The minimum atomic E-state index is -2.93. The molecule has 0 aromatic heterocycles. The van der Waals surface area contributed by atoms with Crippen LogP contribution < -0.4 is 5.32 Å². The van der Waals surface area contributed by atoms with Crippen molar-refractivity contribution in [2.75, 3.05) is 44.4 Å². The third-order valence-electron chi connectivity index (χ3n) is 17.5. The summed E-state index contributed by atoms with van der Waals surface area (Å²) in [6, 6.07) is 9.82. The zero-order valence-electron chi connectivity index (χ0n) is 38.1. The van der Waals surface area contributed by atoms with E-state index in [1.807, 2.05) is 30.3 Å². The normalized spacial score (nSPS) is 36.7. The molecule has 0 amide bonds. The Bertz CT molecular complexity index is 1980. The Morgan fingerprint density at radius 3 is 2.37 bits per heavy atom. The van der Waals surface area contributed by atoms with Gasteiger partial charge in [-0.15, -0.1) is 0 Å². The quantitative estimate of drug-likeness (QED) is 0.198. The molecule has 8 atom stereocenters. The van der Waals surface area contributed by atoms with Gasteiger partial charge in [0.1, 0.15) is 13.3 Å². The van der Waals surface area contributed by atoms with E-state index in [9.17, 15) is 22.4 Å². The summed E-state index contributed by atoms with van der Waals surface area (Å²) in [7, 11) is -2.93. The van der Waals surface area contributed by atoms with Gasteiger partial charge in [-0.2, -0.15) is 0 Å². The Hall–Kier alpha value is -2.62. The maximum Gasteiger partial charge on any atom is 0.315 e. The summed E-state index contributed by atoms with van der Waals surface area (Å²) < 4.78 is 44.8. The fourth-order valence-electron chi connectivity index (χ4n) is 14.0. The molecule has 1 aliphatic heterocycles. The van der Waals surface area contributed by atoms with E-state index in [1.54, 1.807) is 0 Å². The Kier molecular flexibility index (Phi) is 13.0. The van der Waals surface area contributed by atoms with E-state index in [-0.39, 0.29) is 57.7 Å². The number of rotatable bonds is 13. The maximum atomic E-state index is 14.8. The number of alkyl halides is 1. The molecule has 1 aromatic rings. The number of ketones is 1. The van der Waals surface area contributed by atoms with Crippen molar-refractivity contribution in [3.8, 4) is 0 Å². The highest BCUT2D eigenvalue weighted by molar-refractivity contribution is 7.91. The third-order valence-corrected chi connectivity index (χ3v) is 19.1. The second-order valence-electron chi connectivity index (χ2n) is 21.6. The fraction of sp³-hybridized carbons (Fsp3) is 0.725. The van der Waals surface area contributed by atoms with Gasteiger partial charge in [0.2, 0.25) is 0 Å². The molecule has 1 heterocycles. The standard InChI is InChI=1S/C51H75FN2O5S/c1-9-13-44-49(7)20-18-40(37-16-22-51(34-52,23-17-37)46(56)59-33-36-14-11-10-12-15-36)47(4,5)43(49)19-21-50(44,8)48(6)31-39-38(30-42(55)45(39)35(2)3)41(32-48)53-24-25-54-26-28-60(57,58)29-27-54/h10-12,14-16,18,35,38,41,43-44,53H,9,13,17,19-34H2,1-8H3/t38?,41-,43-,44+,48-,49-,50+,51-/m0/s1. The number of carbonyl (C=O) groups is 2. The average molecular weight is 847 g/mol. The SMILES string of the molecule is CCC[C@@H]1[C@@]2(C)CC=C(C3=CC[C@](CF)(C(=O)OCc4ccccc4)CC3)C(C)(C)[C@@H]2CC[C@@]1(C)[C@@]1(C)CC2=C(C(C)C)C(=O)CC2[C@@H](NCCN2CCS(=O)(=O)CC2)C1. The van der Waals surface area contributed by atoms with Crippen molar-refractivity contribution in [1.82, 2.24) is 10.2 Å². The summed E-state index contributed by atoms with van der Waals surface area (Å²) in [5, 5.41) is 4.01. The van der Waals surface area contributed by atoms with Crippen molar-refractivity contribution in [2.45, 2.75) is 139 Å². The molecule has 5 aliphatic carbocycles. The van der Waals surface area contributed by atoms with Crippen LogP contribution in [0, 0.1) is 50.7 Å². The average Bonchev–Trinajstić information content (AvgIpc) is 3.54. The van der Waals surface area contributed by atoms with Crippen molar-refractivity contribution >= 4 is 21.6 Å². The Morgan fingerprint density at radius 2 is 1.73 bits per heavy atom. The van der Waals surface area contributed by atoms with Gasteiger partial charge in [-0.3, -0.25) is 9.59 Å². The van der Waals surface area contributed by atoms with Gasteiger partial charge in [0.25, 0.3) is 0 Å². The molecule has 0 bridgehead atoms. The van der Waals surface area contributed by atoms with Crippen LogP contribution in [0.5, 0.6) is 0 Å². The van der Waals surface area contributed by atoms with Gasteiger partial charge < -0.3 is 15.0 Å². The molecule has 332 valence electrons. The van der Waals surface area contributed by atoms with E-state index in [0.717, 1.165) is 62.8 Å². The second kappa shape index (κ2) is 17.2. The lowest BCUT2D eigenvalue weighted by molar-refractivity contribution is -0.160. The molecule has 1 aromatic carbocycles. The number of hydrogen-bond donors (Lipinski definition) is 1. The van der Waals surface area contributed by atoms with Crippen LogP contribution in [-0.2, 0) is 30.8 Å². The van der Waals surface area contributed by atoms with Gasteiger partial charge in [0.05, 0.1) is 16.9 Å². The van der Waals surface area contributed by atoms with Crippen LogP contribution in [-0.4, -0.2) is 75.5 Å². The summed E-state index contributed by atoms with van der Waals surface area (Å²) >= 11 is 0. The van der Waals surface area contributed by atoms with E-state index < -0.39 is 27.9 Å². The van der Waals surface area contributed by atoms with E-state index in [2.05, 4.69) is 77.8 Å². The van der Waals surface area contributed by atoms with Crippen LogP contribution in [0.25, 0.3) is 0 Å². The highest BCUT2D eigenvalue weighted by atomic mass is 32.2. The van der Waals surface area contributed by atoms with Gasteiger partial charge in [0.15, 0.2) is 15.6 Å². The van der Waals surface area contributed by atoms with Crippen molar-refractivity contribution in [3.05, 3.63) is 70.3 Å². The molecule has 0 radical (unpaired) electrons.